The molecule has 0 fully saturated rings. The Labute approximate surface area is 168 Å². The van der Waals surface area contributed by atoms with Crippen LogP contribution >= 0.6 is 0 Å². The molecule has 0 spiro atoms. The zero-order chi connectivity index (χ0) is 20.1. The van der Waals surface area contributed by atoms with E-state index in [2.05, 4.69) is 57.0 Å². The number of hydrogen-bond acceptors (Lipinski definition) is 5. The molecule has 1 N–H and O–H groups in total. The van der Waals surface area contributed by atoms with Crippen molar-refractivity contribution in [3.05, 3.63) is 59.7 Å². The topological polar surface area (TPSA) is 61.9 Å². The maximum absolute atomic E-state index is 12.3. The van der Waals surface area contributed by atoms with Crippen LogP contribution in [0.15, 0.2) is 48.5 Å². The molecule has 0 aliphatic carbocycles. The summed E-state index contributed by atoms with van der Waals surface area (Å²) in [6.07, 6.45) is 0.971. The molecule has 6 nitrogen and oxygen atoms in total. The highest BCUT2D eigenvalue weighted by molar-refractivity contribution is 7.89. The normalized spacial score (nSPS) is 14.8. The Balaban J connectivity index is 1.86. The van der Waals surface area contributed by atoms with Gasteiger partial charge in [0.2, 0.25) is 10.0 Å². The van der Waals surface area contributed by atoms with Crippen molar-refractivity contribution in [1.29, 1.82) is 0 Å². The third kappa shape index (κ3) is 4.84. The number of para-hydroxylation sites is 1. The number of rotatable bonds is 9. The van der Waals surface area contributed by atoms with Crippen LogP contribution in [-0.4, -0.2) is 55.1 Å². The molecule has 1 heterocycles. The monoisotopic (exact) mass is 403 g/mol. The average Bonchev–Trinajstić information content (AvgIpc) is 3.11. The maximum atomic E-state index is 12.3. The predicted molar refractivity (Wildman–Crippen MR) is 115 cm³/mol. The van der Waals surface area contributed by atoms with Crippen molar-refractivity contribution < 1.29 is 13.2 Å². The smallest absolute Gasteiger partial charge is 0.213 e. The van der Waals surface area contributed by atoms with E-state index in [1.165, 1.54) is 18.4 Å². The molecule has 0 bridgehead atoms. The largest absolute Gasteiger partial charge is 0.384 e. The summed E-state index contributed by atoms with van der Waals surface area (Å²) in [6.45, 7) is 1.38. The van der Waals surface area contributed by atoms with Gasteiger partial charge in [0.25, 0.3) is 0 Å². The Morgan fingerprint density at radius 3 is 2.54 bits per heavy atom. The summed E-state index contributed by atoms with van der Waals surface area (Å²) in [6, 6.07) is 16.6. The van der Waals surface area contributed by atoms with E-state index in [9.17, 15) is 8.42 Å². The predicted octanol–water partition coefficient (Wildman–Crippen LogP) is 2.42. The first-order valence-electron chi connectivity index (χ1n) is 9.49. The molecule has 1 aliphatic rings. The molecule has 2 aromatic rings. The minimum atomic E-state index is -3.39. The lowest BCUT2D eigenvalue weighted by atomic mass is 10.0. The molecular formula is C21H29N3O3S. The zero-order valence-corrected chi connectivity index (χ0v) is 17.6. The summed E-state index contributed by atoms with van der Waals surface area (Å²) < 4.78 is 32.3. The molecule has 0 aromatic heterocycles. The molecule has 1 unspecified atom stereocenters. The fourth-order valence-electron chi connectivity index (χ4n) is 3.56. The van der Waals surface area contributed by atoms with E-state index >= 15 is 0 Å². The summed E-state index contributed by atoms with van der Waals surface area (Å²) in [4.78, 5) is 4.36. The summed E-state index contributed by atoms with van der Waals surface area (Å²) in [5.74, 6) is -0.0353. The number of sulfonamides is 1. The van der Waals surface area contributed by atoms with Crippen molar-refractivity contribution in [2.45, 2.75) is 12.5 Å². The van der Waals surface area contributed by atoms with E-state index in [1.54, 1.807) is 0 Å². The number of anilines is 2. The molecule has 0 saturated heterocycles. The highest BCUT2D eigenvalue weighted by atomic mass is 32.2. The van der Waals surface area contributed by atoms with Gasteiger partial charge in [-0.25, -0.2) is 13.1 Å². The van der Waals surface area contributed by atoms with Gasteiger partial charge in [-0.1, -0.05) is 30.3 Å². The van der Waals surface area contributed by atoms with Crippen LogP contribution < -0.4 is 14.5 Å². The van der Waals surface area contributed by atoms with Gasteiger partial charge in [0.15, 0.2) is 0 Å². The minimum Gasteiger partial charge on any atom is -0.384 e. The third-order valence-electron chi connectivity index (χ3n) is 5.15. The summed E-state index contributed by atoms with van der Waals surface area (Å²) in [5.41, 5.74) is 4.70. The average molecular weight is 404 g/mol. The van der Waals surface area contributed by atoms with Gasteiger partial charge in [0.1, 0.15) is 0 Å². The van der Waals surface area contributed by atoms with Crippen LogP contribution in [0.5, 0.6) is 0 Å². The van der Waals surface area contributed by atoms with E-state index in [4.69, 9.17) is 4.74 Å². The van der Waals surface area contributed by atoms with Gasteiger partial charge in [-0.15, -0.1) is 0 Å². The van der Waals surface area contributed by atoms with E-state index in [1.807, 2.05) is 20.2 Å². The van der Waals surface area contributed by atoms with Crippen LogP contribution in [0, 0.1) is 0 Å². The van der Waals surface area contributed by atoms with E-state index < -0.39 is 10.0 Å². The lowest BCUT2D eigenvalue weighted by Gasteiger charge is -2.31. The molecule has 0 saturated carbocycles. The number of methoxy groups -OCH3 is 1. The molecule has 0 amide bonds. The molecular weight excluding hydrogens is 374 g/mol. The van der Waals surface area contributed by atoms with Crippen LogP contribution in [0.3, 0.4) is 0 Å². The number of fused-ring (bicyclic) bond motifs is 1. The molecule has 1 aliphatic heterocycles. The second-order valence-electron chi connectivity index (χ2n) is 7.23. The second-order valence-corrected chi connectivity index (χ2v) is 9.16. The Morgan fingerprint density at radius 1 is 1.14 bits per heavy atom. The molecule has 28 heavy (non-hydrogen) atoms. The fourth-order valence-corrected chi connectivity index (χ4v) is 4.50. The third-order valence-corrected chi connectivity index (χ3v) is 6.46. The van der Waals surface area contributed by atoms with Crippen molar-refractivity contribution in [2.24, 2.45) is 0 Å². The molecule has 0 radical (unpaired) electrons. The van der Waals surface area contributed by atoms with Crippen molar-refractivity contribution in [2.75, 3.05) is 56.5 Å². The lowest BCUT2D eigenvalue weighted by molar-refractivity contribution is 0.217. The summed E-state index contributed by atoms with van der Waals surface area (Å²) in [5, 5.41) is 0. The fraction of sp³-hybridized carbons (Fsp3) is 0.429. The van der Waals surface area contributed by atoms with Gasteiger partial charge in [0.05, 0.1) is 18.4 Å². The van der Waals surface area contributed by atoms with Gasteiger partial charge in [-0.3, -0.25) is 0 Å². The second kappa shape index (κ2) is 8.94. The zero-order valence-electron chi connectivity index (χ0n) is 16.8. The van der Waals surface area contributed by atoms with Crippen molar-refractivity contribution in [1.82, 2.24) is 4.72 Å². The Hall–Kier alpha value is -2.09. The quantitative estimate of drug-likeness (QED) is 0.697. The standard InChI is InChI=1S/C21H29N3O3S/c1-23(2)19-10-8-18(9-11-19)21(16-22-28(25,26)15-14-27-3)24-13-12-17-6-4-5-7-20(17)24/h4-11,21-22H,12-16H2,1-3H3. The Morgan fingerprint density at radius 2 is 1.86 bits per heavy atom. The van der Waals surface area contributed by atoms with Crippen LogP contribution in [0.1, 0.15) is 17.2 Å². The Kier molecular flexibility index (Phi) is 6.59. The molecule has 152 valence electrons. The van der Waals surface area contributed by atoms with Gasteiger partial charge in [0, 0.05) is 45.7 Å². The Bertz CT molecular complexity index is 882. The van der Waals surface area contributed by atoms with Crippen molar-refractivity contribution >= 4 is 21.4 Å². The minimum absolute atomic E-state index is 0.0353. The van der Waals surface area contributed by atoms with Crippen LogP contribution in [0.4, 0.5) is 11.4 Å². The summed E-state index contributed by atoms with van der Waals surface area (Å²) >= 11 is 0. The van der Waals surface area contributed by atoms with Gasteiger partial charge >= 0.3 is 0 Å². The first kappa shape index (κ1) is 20.6. The number of hydrogen-bond donors (Lipinski definition) is 1. The number of ether oxygens (including phenoxy) is 1. The molecule has 1 atom stereocenters. The maximum Gasteiger partial charge on any atom is 0.213 e. The molecule has 2 aromatic carbocycles. The SMILES string of the molecule is COCCS(=O)(=O)NCC(c1ccc(N(C)C)cc1)N1CCc2ccccc21. The van der Waals surface area contributed by atoms with E-state index in [0.29, 0.717) is 6.54 Å². The molecule has 7 heteroatoms. The molecule has 3 rings (SSSR count). The number of nitrogens with one attached hydrogen (secondary N) is 1. The lowest BCUT2D eigenvalue weighted by Crippen LogP contribution is -2.38. The number of benzene rings is 2. The van der Waals surface area contributed by atoms with E-state index in [0.717, 1.165) is 24.2 Å². The first-order valence-corrected chi connectivity index (χ1v) is 11.1. The van der Waals surface area contributed by atoms with Gasteiger partial charge in [-0.2, -0.15) is 0 Å². The van der Waals surface area contributed by atoms with Crippen molar-refractivity contribution in [3.63, 3.8) is 0 Å². The van der Waals surface area contributed by atoms with Gasteiger partial charge in [-0.05, 0) is 35.7 Å². The first-order chi connectivity index (χ1) is 13.4. The van der Waals surface area contributed by atoms with Crippen LogP contribution in [0.2, 0.25) is 0 Å². The van der Waals surface area contributed by atoms with E-state index in [-0.39, 0.29) is 18.4 Å². The number of nitrogens with zero attached hydrogens (tertiary/aromatic N) is 2. The highest BCUT2D eigenvalue weighted by Gasteiger charge is 2.28. The van der Waals surface area contributed by atoms with Crippen LogP contribution in [0.25, 0.3) is 0 Å². The van der Waals surface area contributed by atoms with Crippen molar-refractivity contribution in [3.8, 4) is 0 Å². The summed E-state index contributed by atoms with van der Waals surface area (Å²) in [7, 11) is 2.13. The highest BCUT2D eigenvalue weighted by Crippen LogP contribution is 2.35. The van der Waals surface area contributed by atoms with Gasteiger partial charge < -0.3 is 14.5 Å². The van der Waals surface area contributed by atoms with Crippen LogP contribution in [-0.2, 0) is 21.2 Å².